The molecular formula is C25H34O6. The van der Waals surface area contributed by atoms with Crippen molar-refractivity contribution in [2.75, 3.05) is 0 Å². The highest BCUT2D eigenvalue weighted by Crippen LogP contribution is 2.62. The molecule has 0 radical (unpaired) electrons. The van der Waals surface area contributed by atoms with Gasteiger partial charge in [0.15, 0.2) is 5.78 Å². The molecule has 6 nitrogen and oxygen atoms in total. The summed E-state index contributed by atoms with van der Waals surface area (Å²) in [5.74, 6) is -1.95. The summed E-state index contributed by atoms with van der Waals surface area (Å²) in [5, 5.41) is 23.7. The maximum Gasteiger partial charge on any atom is 0.336 e. The molecule has 0 bridgehead atoms. The fraction of sp³-hybridized carbons (Fsp3) is 0.680. The maximum atomic E-state index is 13.9. The summed E-state index contributed by atoms with van der Waals surface area (Å²) in [6, 6.07) is 0. The number of cyclic esters (lactones) is 1. The van der Waals surface area contributed by atoms with Gasteiger partial charge in [0.25, 0.3) is 0 Å². The Morgan fingerprint density at radius 3 is 2.48 bits per heavy atom. The summed E-state index contributed by atoms with van der Waals surface area (Å²) in [6.07, 6.45) is 6.15. The van der Waals surface area contributed by atoms with Crippen LogP contribution in [0.4, 0.5) is 0 Å². The lowest BCUT2D eigenvalue weighted by molar-refractivity contribution is -0.193. The van der Waals surface area contributed by atoms with Crippen LogP contribution in [0, 0.1) is 23.7 Å². The molecule has 2 N–H and O–H groups in total. The highest BCUT2D eigenvalue weighted by Gasteiger charge is 2.75. The Labute approximate surface area is 184 Å². The number of esters is 1. The lowest BCUT2D eigenvalue weighted by atomic mass is 9.53. The number of carbonyl (C=O) groups is 2. The largest absolute Gasteiger partial charge is 0.423 e. The second-order valence-electron chi connectivity index (χ2n) is 10.5. The Kier molecular flexibility index (Phi) is 5.15. The molecule has 4 aliphatic rings. The standard InChI is InChI=1S/C25H34O6/c1-13(2)11-19-25(29)16(5)17-8-7-15(4)24(17,28)22(27)21(25)23(6,31-19)10-9-18-14(3)12-20(26)30-18/h9,11-12,15-17,19,21,28-29H,7-8,10H2,1-6H3/b18-9-/t15-,16-,17-,19+,21-,23-,24-,25-/m0/s1. The Bertz CT molecular complexity index is 911. The quantitative estimate of drug-likeness (QED) is 0.528. The van der Waals surface area contributed by atoms with Gasteiger partial charge in [-0.1, -0.05) is 25.5 Å². The summed E-state index contributed by atoms with van der Waals surface area (Å²) in [5.41, 5.74) is -2.22. The molecule has 0 amide bonds. The predicted octanol–water partition coefficient (Wildman–Crippen LogP) is 3.23. The van der Waals surface area contributed by atoms with Gasteiger partial charge in [0, 0.05) is 12.0 Å². The zero-order chi connectivity index (χ0) is 22.9. The van der Waals surface area contributed by atoms with E-state index in [4.69, 9.17) is 9.47 Å². The number of hydrogen-bond donors (Lipinski definition) is 2. The van der Waals surface area contributed by atoms with Gasteiger partial charge in [-0.2, -0.15) is 0 Å². The fourth-order valence-electron chi connectivity index (χ4n) is 6.56. The lowest BCUT2D eigenvalue weighted by Gasteiger charge is -2.52. The lowest BCUT2D eigenvalue weighted by Crippen LogP contribution is -2.69. The number of Topliss-reactive ketones (excluding diaryl/α,β-unsaturated/α-hetero) is 1. The molecule has 2 heterocycles. The van der Waals surface area contributed by atoms with E-state index in [2.05, 4.69) is 0 Å². The molecule has 6 heteroatoms. The highest BCUT2D eigenvalue weighted by molar-refractivity contribution is 5.94. The Hall–Kier alpha value is -1.76. The van der Waals surface area contributed by atoms with Crippen LogP contribution in [0.15, 0.2) is 35.1 Å². The van der Waals surface area contributed by atoms with E-state index in [0.29, 0.717) is 17.8 Å². The highest BCUT2D eigenvalue weighted by atomic mass is 16.5. The minimum Gasteiger partial charge on any atom is -0.423 e. The van der Waals surface area contributed by atoms with Gasteiger partial charge in [-0.05, 0) is 70.4 Å². The second kappa shape index (κ2) is 7.12. The van der Waals surface area contributed by atoms with Crippen molar-refractivity contribution in [3.05, 3.63) is 35.1 Å². The normalized spacial score (nSPS) is 47.8. The van der Waals surface area contributed by atoms with Gasteiger partial charge in [0.2, 0.25) is 0 Å². The fourth-order valence-corrected chi connectivity index (χ4v) is 6.56. The number of aliphatic hydroxyl groups is 2. The molecule has 1 saturated heterocycles. The van der Waals surface area contributed by atoms with Gasteiger partial charge < -0.3 is 19.7 Å². The van der Waals surface area contributed by atoms with E-state index < -0.39 is 34.8 Å². The van der Waals surface area contributed by atoms with Crippen LogP contribution in [0.2, 0.25) is 0 Å². The molecule has 2 aliphatic heterocycles. The molecule has 3 fully saturated rings. The Balaban J connectivity index is 1.80. The van der Waals surface area contributed by atoms with Gasteiger partial charge in [0.1, 0.15) is 23.1 Å². The van der Waals surface area contributed by atoms with Crippen LogP contribution in [-0.2, 0) is 19.1 Å². The van der Waals surface area contributed by atoms with Crippen molar-refractivity contribution in [3.63, 3.8) is 0 Å². The summed E-state index contributed by atoms with van der Waals surface area (Å²) >= 11 is 0. The molecule has 0 unspecified atom stereocenters. The van der Waals surface area contributed by atoms with Crippen LogP contribution in [-0.4, -0.2) is 44.9 Å². The van der Waals surface area contributed by atoms with E-state index in [0.717, 1.165) is 12.0 Å². The molecule has 8 atom stereocenters. The van der Waals surface area contributed by atoms with Crippen molar-refractivity contribution in [2.24, 2.45) is 23.7 Å². The monoisotopic (exact) mass is 430 g/mol. The molecule has 4 rings (SSSR count). The van der Waals surface area contributed by atoms with Gasteiger partial charge in [-0.25, -0.2) is 4.79 Å². The first-order valence-electron chi connectivity index (χ1n) is 11.3. The Morgan fingerprint density at radius 2 is 1.90 bits per heavy atom. The number of rotatable bonds is 3. The topological polar surface area (TPSA) is 93.1 Å². The van der Waals surface area contributed by atoms with Crippen LogP contribution < -0.4 is 0 Å². The van der Waals surface area contributed by atoms with E-state index in [1.54, 1.807) is 13.0 Å². The second-order valence-corrected chi connectivity index (χ2v) is 10.5. The van der Waals surface area contributed by atoms with Crippen LogP contribution in [0.5, 0.6) is 0 Å². The van der Waals surface area contributed by atoms with Crippen LogP contribution in [0.1, 0.15) is 60.8 Å². The van der Waals surface area contributed by atoms with Crippen molar-refractivity contribution < 1.29 is 29.3 Å². The average molecular weight is 431 g/mol. The third kappa shape index (κ3) is 3.02. The molecule has 0 aromatic rings. The maximum absolute atomic E-state index is 13.9. The molecule has 0 aromatic heterocycles. The minimum atomic E-state index is -1.45. The number of carbonyl (C=O) groups excluding carboxylic acids is 2. The van der Waals surface area contributed by atoms with Gasteiger partial charge in [-0.15, -0.1) is 0 Å². The third-order valence-corrected chi connectivity index (χ3v) is 8.25. The number of ketones is 1. The van der Waals surface area contributed by atoms with Gasteiger partial charge in [0.05, 0.1) is 11.5 Å². The van der Waals surface area contributed by atoms with Crippen LogP contribution in [0.25, 0.3) is 0 Å². The summed E-state index contributed by atoms with van der Waals surface area (Å²) in [6.45, 7) is 11.4. The first-order chi connectivity index (χ1) is 14.4. The van der Waals surface area contributed by atoms with E-state index in [1.807, 2.05) is 40.7 Å². The number of allylic oxidation sites excluding steroid dienone is 2. The van der Waals surface area contributed by atoms with Crippen molar-refractivity contribution in [1.82, 2.24) is 0 Å². The van der Waals surface area contributed by atoms with Gasteiger partial charge >= 0.3 is 5.97 Å². The van der Waals surface area contributed by atoms with Crippen LogP contribution >= 0.6 is 0 Å². The Morgan fingerprint density at radius 1 is 1.23 bits per heavy atom. The first-order valence-corrected chi connectivity index (χ1v) is 11.3. The van der Waals surface area contributed by atoms with E-state index in [1.165, 1.54) is 6.08 Å². The zero-order valence-corrected chi connectivity index (χ0v) is 19.3. The molecule has 2 saturated carbocycles. The number of ether oxygens (including phenoxy) is 2. The number of fused-ring (bicyclic) bond motifs is 2. The average Bonchev–Trinajstić information content (AvgIpc) is 3.23. The van der Waals surface area contributed by atoms with Crippen molar-refractivity contribution in [2.45, 2.75) is 83.7 Å². The van der Waals surface area contributed by atoms with Gasteiger partial charge in [-0.3, -0.25) is 4.79 Å². The first kappa shape index (κ1) is 22.4. The minimum absolute atomic E-state index is 0.164. The molecule has 170 valence electrons. The van der Waals surface area contributed by atoms with E-state index in [9.17, 15) is 19.8 Å². The number of hydrogen-bond acceptors (Lipinski definition) is 6. The summed E-state index contributed by atoms with van der Waals surface area (Å²) in [4.78, 5) is 25.5. The molecule has 0 aromatic carbocycles. The molecule has 31 heavy (non-hydrogen) atoms. The molecule has 0 spiro atoms. The summed E-state index contributed by atoms with van der Waals surface area (Å²) in [7, 11) is 0. The van der Waals surface area contributed by atoms with Crippen molar-refractivity contribution in [3.8, 4) is 0 Å². The van der Waals surface area contributed by atoms with Crippen LogP contribution in [0.3, 0.4) is 0 Å². The SMILES string of the molecule is CC(C)=C[C@H]1O[C@@](C)(C/C=C2\OC(=O)C=C2C)[C@@H]2C(=O)[C@]3(O)[C@@H](C)CC[C@H]3[C@H](C)[C@@]21O. The smallest absolute Gasteiger partial charge is 0.336 e. The van der Waals surface area contributed by atoms with E-state index >= 15 is 0 Å². The predicted molar refractivity (Wildman–Crippen MR) is 115 cm³/mol. The molecule has 2 aliphatic carbocycles. The van der Waals surface area contributed by atoms with E-state index in [-0.39, 0.29) is 30.0 Å². The third-order valence-electron chi connectivity index (χ3n) is 8.25. The summed E-state index contributed by atoms with van der Waals surface area (Å²) < 4.78 is 11.7. The zero-order valence-electron chi connectivity index (χ0n) is 19.3. The van der Waals surface area contributed by atoms with Crippen molar-refractivity contribution in [1.29, 1.82) is 0 Å². The van der Waals surface area contributed by atoms with Crippen molar-refractivity contribution >= 4 is 11.8 Å². The molecular weight excluding hydrogens is 396 g/mol.